The predicted octanol–water partition coefficient (Wildman–Crippen LogP) is 12.5. The fourth-order valence-corrected chi connectivity index (χ4v) is 8.56. The molecule has 0 bridgehead atoms. The molecule has 0 spiro atoms. The van der Waals surface area contributed by atoms with E-state index in [1.54, 1.807) is 6.08 Å². The molecule has 0 aromatic carbocycles. The molecule has 1 rings (SSSR count). The number of aliphatic hydroxyl groups is 5. The first-order valence-electron chi connectivity index (χ1n) is 28.4. The number of rotatable bonds is 48. The maximum atomic E-state index is 13.0. The molecule has 0 saturated carbocycles. The normalized spacial score (nSPS) is 19.7. The van der Waals surface area contributed by atoms with Crippen LogP contribution in [0.3, 0.4) is 0 Å². The second kappa shape index (κ2) is 47.9. The quantitative estimate of drug-likeness (QED) is 0.0196. The number of hydrogen-bond acceptors (Lipinski definition) is 10. The van der Waals surface area contributed by atoms with E-state index in [0.29, 0.717) is 25.9 Å². The van der Waals surface area contributed by atoms with Crippen molar-refractivity contribution in [3.8, 4) is 0 Å². The molecule has 11 heteroatoms. The lowest BCUT2D eigenvalue weighted by Gasteiger charge is -2.40. The number of unbranched alkanes of at least 4 members (excludes halogenated alkanes) is 28. The summed E-state index contributed by atoms with van der Waals surface area (Å²) in [7, 11) is 0. The van der Waals surface area contributed by atoms with Crippen molar-refractivity contribution in [1.29, 1.82) is 0 Å². The highest BCUT2D eigenvalue weighted by Gasteiger charge is 2.44. The van der Waals surface area contributed by atoms with Gasteiger partial charge in [0.1, 0.15) is 24.4 Å². The van der Waals surface area contributed by atoms with E-state index < -0.39 is 49.5 Å². The van der Waals surface area contributed by atoms with Crippen LogP contribution < -0.4 is 5.32 Å². The topological polar surface area (TPSA) is 175 Å². The first-order chi connectivity index (χ1) is 33.7. The zero-order chi connectivity index (χ0) is 50.3. The van der Waals surface area contributed by atoms with Crippen LogP contribution in [0.4, 0.5) is 0 Å². The smallest absolute Gasteiger partial charge is 0.305 e. The van der Waals surface area contributed by atoms with E-state index in [9.17, 15) is 35.1 Å². The van der Waals surface area contributed by atoms with Crippen LogP contribution >= 0.6 is 0 Å². The van der Waals surface area contributed by atoms with Gasteiger partial charge in [-0.25, -0.2) is 0 Å². The predicted molar refractivity (Wildman–Crippen MR) is 283 cm³/mol. The Morgan fingerprint density at radius 1 is 0.522 bits per heavy atom. The van der Waals surface area contributed by atoms with Crippen molar-refractivity contribution in [2.24, 2.45) is 0 Å². The third kappa shape index (κ3) is 38.0. The Bertz CT molecular complexity index is 1290. The van der Waals surface area contributed by atoms with Gasteiger partial charge in [-0.2, -0.15) is 0 Å². The van der Waals surface area contributed by atoms with Gasteiger partial charge in [-0.05, 0) is 77.0 Å². The van der Waals surface area contributed by atoms with Gasteiger partial charge in [0.25, 0.3) is 0 Å². The number of esters is 1. The van der Waals surface area contributed by atoms with Crippen molar-refractivity contribution in [3.63, 3.8) is 0 Å². The third-order valence-corrected chi connectivity index (χ3v) is 13.1. The summed E-state index contributed by atoms with van der Waals surface area (Å²) >= 11 is 0. The van der Waals surface area contributed by atoms with E-state index in [2.05, 4.69) is 55.6 Å². The molecule has 7 unspecified atom stereocenters. The molecular formula is C58H105NO10. The number of carbonyl (C=O) groups excluding carboxylic acids is 2. The Hall–Kier alpha value is -2.38. The number of carbonyl (C=O) groups is 2. The number of ether oxygens (including phenoxy) is 3. The largest absolute Gasteiger partial charge is 0.466 e. The molecule has 1 aliphatic heterocycles. The van der Waals surface area contributed by atoms with Crippen LogP contribution in [-0.2, 0) is 23.8 Å². The molecule has 1 saturated heterocycles. The summed E-state index contributed by atoms with van der Waals surface area (Å²) in [5, 5.41) is 54.2. The molecule has 0 aromatic heterocycles. The molecule has 7 atom stereocenters. The van der Waals surface area contributed by atoms with Crippen LogP contribution in [0.15, 0.2) is 48.6 Å². The Balaban J connectivity index is 2.14. The minimum absolute atomic E-state index is 0.0150. The van der Waals surface area contributed by atoms with Crippen molar-refractivity contribution < 1.29 is 49.3 Å². The Morgan fingerprint density at radius 2 is 0.957 bits per heavy atom. The summed E-state index contributed by atoms with van der Waals surface area (Å²) in [5.41, 5.74) is 0. The Morgan fingerprint density at radius 3 is 1.48 bits per heavy atom. The van der Waals surface area contributed by atoms with Gasteiger partial charge >= 0.3 is 5.97 Å². The summed E-state index contributed by atoms with van der Waals surface area (Å²) in [6.07, 6.45) is 49.1. The summed E-state index contributed by atoms with van der Waals surface area (Å²) in [6, 6.07) is -0.844. The number of aliphatic hydroxyl groups excluding tert-OH is 5. The third-order valence-electron chi connectivity index (χ3n) is 13.1. The standard InChI is InChI=1S/C58H105NO10/c1-3-5-7-9-11-13-15-25-28-32-36-40-44-51(61)50(49-68-58-57(66)56(65)55(64)52(48-60)69-58)59-53(62)45-41-37-33-29-26-22-20-18-16-17-19-21-23-27-31-35-39-43-47-67-54(63)46-42-38-34-30-24-14-12-10-8-6-4-2/h9,11,18,20,25,28,40,44,50-52,55-58,60-61,64-66H,3-8,10,12-17,19,21-24,26-27,29-39,41-43,45-49H2,1-2H3,(H,59,62)/b11-9+,20-18-,28-25+,44-40+. The average molecular weight is 976 g/mol. The maximum absolute atomic E-state index is 13.0. The van der Waals surface area contributed by atoms with Crippen molar-refractivity contribution in [2.45, 2.75) is 288 Å². The van der Waals surface area contributed by atoms with E-state index in [-0.39, 0.29) is 18.5 Å². The van der Waals surface area contributed by atoms with Crippen molar-refractivity contribution in [2.75, 3.05) is 19.8 Å². The van der Waals surface area contributed by atoms with Crippen molar-refractivity contribution >= 4 is 11.9 Å². The van der Waals surface area contributed by atoms with Crippen LogP contribution in [0.25, 0.3) is 0 Å². The van der Waals surface area contributed by atoms with Gasteiger partial charge in [0.05, 0.1) is 32.0 Å². The van der Waals surface area contributed by atoms with Gasteiger partial charge in [-0.3, -0.25) is 9.59 Å². The Kier molecular flexibility index (Phi) is 44.9. The summed E-state index contributed by atoms with van der Waals surface area (Å²) in [5.74, 6) is -0.228. The summed E-state index contributed by atoms with van der Waals surface area (Å²) < 4.78 is 16.6. The zero-order valence-electron chi connectivity index (χ0n) is 44.0. The van der Waals surface area contributed by atoms with E-state index in [0.717, 1.165) is 96.3 Å². The summed E-state index contributed by atoms with van der Waals surface area (Å²) in [4.78, 5) is 25.0. The molecule has 11 nitrogen and oxygen atoms in total. The average Bonchev–Trinajstić information content (AvgIpc) is 3.34. The zero-order valence-corrected chi connectivity index (χ0v) is 44.0. The first kappa shape index (κ1) is 64.6. The SMILES string of the molecule is CCCC/C=C/CC/C=C/CC/C=C/C(O)C(COC1OC(CO)C(O)C(O)C1O)NC(=O)CCCCCCC/C=C\CCCCCCCCCCCOC(=O)CCCCCCCCCCCCC. The van der Waals surface area contributed by atoms with Gasteiger partial charge in [0.15, 0.2) is 6.29 Å². The number of nitrogens with one attached hydrogen (secondary N) is 1. The van der Waals surface area contributed by atoms with E-state index in [1.807, 2.05) is 6.08 Å². The van der Waals surface area contributed by atoms with Gasteiger partial charge in [-0.1, -0.05) is 204 Å². The van der Waals surface area contributed by atoms with Crippen LogP contribution in [0, 0.1) is 0 Å². The van der Waals surface area contributed by atoms with Gasteiger partial charge in [0.2, 0.25) is 5.91 Å². The monoisotopic (exact) mass is 976 g/mol. The molecule has 69 heavy (non-hydrogen) atoms. The van der Waals surface area contributed by atoms with E-state index >= 15 is 0 Å². The minimum Gasteiger partial charge on any atom is -0.466 e. The molecule has 1 fully saturated rings. The molecule has 1 heterocycles. The molecule has 1 aliphatic rings. The van der Waals surface area contributed by atoms with Crippen LogP contribution in [-0.4, -0.2) is 100 Å². The number of allylic oxidation sites excluding steroid dienone is 7. The molecule has 6 N–H and O–H groups in total. The second-order valence-electron chi connectivity index (χ2n) is 19.6. The van der Waals surface area contributed by atoms with E-state index in [4.69, 9.17) is 14.2 Å². The fraction of sp³-hybridized carbons (Fsp3) is 0.828. The van der Waals surface area contributed by atoms with Gasteiger partial charge < -0.3 is 45.1 Å². The highest BCUT2D eigenvalue weighted by Crippen LogP contribution is 2.23. The van der Waals surface area contributed by atoms with Gasteiger partial charge in [-0.15, -0.1) is 0 Å². The lowest BCUT2D eigenvalue weighted by Crippen LogP contribution is -2.60. The Labute approximate surface area is 421 Å². The number of hydrogen-bond donors (Lipinski definition) is 6. The molecule has 0 aromatic rings. The highest BCUT2D eigenvalue weighted by atomic mass is 16.7. The molecule has 402 valence electrons. The molecule has 1 amide bonds. The fourth-order valence-electron chi connectivity index (χ4n) is 8.56. The maximum Gasteiger partial charge on any atom is 0.305 e. The first-order valence-corrected chi connectivity index (χ1v) is 28.4. The van der Waals surface area contributed by atoms with Crippen molar-refractivity contribution in [1.82, 2.24) is 5.32 Å². The van der Waals surface area contributed by atoms with Crippen molar-refractivity contribution in [3.05, 3.63) is 48.6 Å². The molecular weight excluding hydrogens is 871 g/mol. The van der Waals surface area contributed by atoms with Crippen LogP contribution in [0.2, 0.25) is 0 Å². The molecule has 0 aliphatic carbocycles. The van der Waals surface area contributed by atoms with Gasteiger partial charge in [0, 0.05) is 12.8 Å². The molecule has 0 radical (unpaired) electrons. The minimum atomic E-state index is -1.58. The lowest BCUT2D eigenvalue weighted by atomic mass is 9.99. The summed E-state index contributed by atoms with van der Waals surface area (Å²) in [6.45, 7) is 4.24. The lowest BCUT2D eigenvalue weighted by molar-refractivity contribution is -0.302. The second-order valence-corrected chi connectivity index (χ2v) is 19.6. The number of amides is 1. The van der Waals surface area contributed by atoms with Crippen LogP contribution in [0.5, 0.6) is 0 Å². The van der Waals surface area contributed by atoms with Crippen LogP contribution in [0.1, 0.15) is 245 Å². The highest BCUT2D eigenvalue weighted by molar-refractivity contribution is 5.76. The van der Waals surface area contributed by atoms with E-state index in [1.165, 1.54) is 116 Å².